The molecular weight excluding hydrogens is 488 g/mol. The first-order chi connectivity index (χ1) is 19.7. The molecule has 4 nitrogen and oxygen atoms in total. The molecule has 0 radical (unpaired) electrons. The standard InChI is InChI=1S/C36H24N4/c1-24-12-18-34-30(20-24)31-21-25(23-37)13-19-35(31)40(34)29-16-14-27(15-17-29)33-22-32(26-8-4-2-5-9-26)38-36(39-33)28-10-6-3-7-11-28/h2-22H,1H3. The number of fused-ring (bicyclic) bond motifs is 3. The number of nitrogens with zero attached hydrogens (tertiary/aromatic N) is 4. The maximum atomic E-state index is 9.50. The molecule has 0 unspecified atom stereocenters. The minimum absolute atomic E-state index is 0.663. The van der Waals surface area contributed by atoms with E-state index in [2.05, 4.69) is 78.2 Å². The third-order valence-electron chi connectivity index (χ3n) is 7.30. The van der Waals surface area contributed by atoms with E-state index < -0.39 is 0 Å². The van der Waals surface area contributed by atoms with Gasteiger partial charge in [-0.05, 0) is 55.5 Å². The molecule has 0 atom stereocenters. The largest absolute Gasteiger partial charge is 0.309 e. The summed E-state index contributed by atoms with van der Waals surface area (Å²) < 4.78 is 2.26. The minimum Gasteiger partial charge on any atom is -0.309 e. The van der Waals surface area contributed by atoms with E-state index in [1.54, 1.807) is 0 Å². The normalized spacial score (nSPS) is 11.1. The van der Waals surface area contributed by atoms with Crippen molar-refractivity contribution in [1.29, 1.82) is 5.26 Å². The lowest BCUT2D eigenvalue weighted by molar-refractivity contribution is 1.17. The fraction of sp³-hybridized carbons (Fsp3) is 0.0278. The molecule has 0 aliphatic heterocycles. The zero-order valence-electron chi connectivity index (χ0n) is 21.9. The second-order valence-electron chi connectivity index (χ2n) is 9.94. The number of aryl methyl sites for hydroxylation is 1. The molecule has 7 rings (SSSR count). The number of hydrogen-bond donors (Lipinski definition) is 0. The van der Waals surface area contributed by atoms with E-state index in [0.717, 1.165) is 55.6 Å². The molecule has 0 saturated carbocycles. The highest BCUT2D eigenvalue weighted by atomic mass is 15.0. The van der Waals surface area contributed by atoms with Crippen molar-refractivity contribution < 1.29 is 0 Å². The highest BCUT2D eigenvalue weighted by Crippen LogP contribution is 2.34. The summed E-state index contributed by atoms with van der Waals surface area (Å²) in [4.78, 5) is 9.88. The van der Waals surface area contributed by atoms with Gasteiger partial charge in [-0.2, -0.15) is 5.26 Å². The van der Waals surface area contributed by atoms with Crippen molar-refractivity contribution >= 4 is 21.8 Å². The maximum Gasteiger partial charge on any atom is 0.160 e. The molecule has 5 aromatic carbocycles. The van der Waals surface area contributed by atoms with Gasteiger partial charge in [-0.3, -0.25) is 0 Å². The zero-order valence-corrected chi connectivity index (χ0v) is 21.9. The molecule has 0 aliphatic carbocycles. The van der Waals surface area contributed by atoms with Crippen LogP contribution in [0.25, 0.3) is 61.4 Å². The van der Waals surface area contributed by atoms with Crippen molar-refractivity contribution in [2.24, 2.45) is 0 Å². The van der Waals surface area contributed by atoms with Crippen molar-refractivity contribution in [1.82, 2.24) is 14.5 Å². The van der Waals surface area contributed by atoms with Gasteiger partial charge in [0.05, 0.1) is 34.1 Å². The van der Waals surface area contributed by atoms with Crippen LogP contribution in [0.15, 0.2) is 127 Å². The van der Waals surface area contributed by atoms with Crippen LogP contribution in [0.3, 0.4) is 0 Å². The summed E-state index contributed by atoms with van der Waals surface area (Å²) in [6.45, 7) is 2.10. The van der Waals surface area contributed by atoms with E-state index in [-0.39, 0.29) is 0 Å². The van der Waals surface area contributed by atoms with Crippen LogP contribution < -0.4 is 0 Å². The lowest BCUT2D eigenvalue weighted by Crippen LogP contribution is -1.97. The Morgan fingerprint density at radius 2 is 1.15 bits per heavy atom. The lowest BCUT2D eigenvalue weighted by atomic mass is 10.1. The van der Waals surface area contributed by atoms with Crippen molar-refractivity contribution in [3.63, 3.8) is 0 Å². The van der Waals surface area contributed by atoms with Gasteiger partial charge >= 0.3 is 0 Å². The van der Waals surface area contributed by atoms with Gasteiger partial charge < -0.3 is 4.57 Å². The molecule has 2 aromatic heterocycles. The van der Waals surface area contributed by atoms with Crippen molar-refractivity contribution in [2.45, 2.75) is 6.92 Å². The van der Waals surface area contributed by atoms with Gasteiger partial charge in [0.25, 0.3) is 0 Å². The van der Waals surface area contributed by atoms with Crippen molar-refractivity contribution in [3.05, 3.63) is 139 Å². The number of aromatic nitrogens is 3. The second-order valence-corrected chi connectivity index (χ2v) is 9.94. The van der Waals surface area contributed by atoms with E-state index in [4.69, 9.17) is 9.97 Å². The number of rotatable bonds is 4. The lowest BCUT2D eigenvalue weighted by Gasteiger charge is -2.11. The Labute approximate surface area is 232 Å². The molecule has 0 aliphatic rings. The first kappa shape index (κ1) is 23.6. The zero-order chi connectivity index (χ0) is 27.1. The van der Waals surface area contributed by atoms with E-state index in [1.807, 2.05) is 66.7 Å². The van der Waals surface area contributed by atoms with Crippen LogP contribution in [0.5, 0.6) is 0 Å². The summed E-state index contributed by atoms with van der Waals surface area (Å²) in [5.74, 6) is 0.701. The molecule has 0 N–H and O–H groups in total. The van der Waals surface area contributed by atoms with Crippen LogP contribution in [0.4, 0.5) is 0 Å². The van der Waals surface area contributed by atoms with E-state index in [0.29, 0.717) is 11.4 Å². The van der Waals surface area contributed by atoms with Crippen LogP contribution in [-0.4, -0.2) is 14.5 Å². The second kappa shape index (κ2) is 9.65. The monoisotopic (exact) mass is 512 g/mol. The maximum absolute atomic E-state index is 9.50. The Bertz CT molecular complexity index is 1990. The first-order valence-electron chi connectivity index (χ1n) is 13.2. The Kier molecular flexibility index (Phi) is 5.69. The van der Waals surface area contributed by atoms with Crippen LogP contribution >= 0.6 is 0 Å². The third kappa shape index (κ3) is 4.11. The first-order valence-corrected chi connectivity index (χ1v) is 13.2. The number of hydrogen-bond acceptors (Lipinski definition) is 3. The summed E-state index contributed by atoms with van der Waals surface area (Å²) in [7, 11) is 0. The number of nitriles is 1. The SMILES string of the molecule is Cc1ccc2c(c1)c1cc(C#N)ccc1n2-c1ccc(-c2cc(-c3ccccc3)nc(-c3ccccc3)n2)cc1. The molecule has 7 aromatic rings. The van der Waals surface area contributed by atoms with Crippen LogP contribution in [0.2, 0.25) is 0 Å². The Morgan fingerprint density at radius 3 is 1.80 bits per heavy atom. The highest BCUT2D eigenvalue weighted by molar-refractivity contribution is 6.09. The van der Waals surface area contributed by atoms with Crippen molar-refractivity contribution in [3.8, 4) is 45.7 Å². The fourth-order valence-electron chi connectivity index (χ4n) is 5.33. The molecular formula is C36H24N4. The molecule has 0 bridgehead atoms. The Balaban J connectivity index is 1.37. The summed E-state index contributed by atoms with van der Waals surface area (Å²) in [6, 6.07) is 45.6. The fourth-order valence-corrected chi connectivity index (χ4v) is 5.33. The van der Waals surface area contributed by atoms with Gasteiger partial charge in [-0.25, -0.2) is 9.97 Å². The predicted molar refractivity (Wildman–Crippen MR) is 162 cm³/mol. The molecule has 0 spiro atoms. The van der Waals surface area contributed by atoms with Gasteiger partial charge in [0.15, 0.2) is 5.82 Å². The van der Waals surface area contributed by atoms with E-state index >= 15 is 0 Å². The molecule has 4 heteroatoms. The average molecular weight is 513 g/mol. The van der Waals surface area contributed by atoms with Gasteiger partial charge in [0.1, 0.15) is 0 Å². The smallest absolute Gasteiger partial charge is 0.160 e. The molecule has 0 fully saturated rings. The van der Waals surface area contributed by atoms with Gasteiger partial charge in [0.2, 0.25) is 0 Å². The van der Waals surface area contributed by atoms with Crippen LogP contribution in [0.1, 0.15) is 11.1 Å². The summed E-state index contributed by atoms with van der Waals surface area (Å²) >= 11 is 0. The minimum atomic E-state index is 0.663. The number of benzene rings is 5. The quantitative estimate of drug-likeness (QED) is 0.237. The summed E-state index contributed by atoms with van der Waals surface area (Å²) in [5.41, 5.74) is 9.91. The average Bonchev–Trinajstić information content (AvgIpc) is 3.34. The topological polar surface area (TPSA) is 54.5 Å². The predicted octanol–water partition coefficient (Wildman–Crippen LogP) is 8.75. The van der Waals surface area contributed by atoms with Gasteiger partial charge in [0, 0.05) is 33.2 Å². The summed E-state index contributed by atoms with van der Waals surface area (Å²) in [6.07, 6.45) is 0. The molecule has 0 saturated heterocycles. The Morgan fingerprint density at radius 1 is 0.575 bits per heavy atom. The highest BCUT2D eigenvalue weighted by Gasteiger charge is 2.15. The third-order valence-corrected chi connectivity index (χ3v) is 7.30. The van der Waals surface area contributed by atoms with Gasteiger partial charge in [-0.1, -0.05) is 84.4 Å². The van der Waals surface area contributed by atoms with Crippen LogP contribution in [-0.2, 0) is 0 Å². The van der Waals surface area contributed by atoms with Crippen LogP contribution in [0, 0.1) is 18.3 Å². The molecule has 2 heterocycles. The molecule has 0 amide bonds. The van der Waals surface area contributed by atoms with E-state index in [1.165, 1.54) is 5.56 Å². The molecule has 188 valence electrons. The van der Waals surface area contributed by atoms with E-state index in [9.17, 15) is 5.26 Å². The Hall–Kier alpha value is -5.53. The summed E-state index contributed by atoms with van der Waals surface area (Å²) in [5, 5.41) is 11.7. The van der Waals surface area contributed by atoms with Gasteiger partial charge in [-0.15, -0.1) is 0 Å². The van der Waals surface area contributed by atoms with Crippen molar-refractivity contribution in [2.75, 3.05) is 0 Å². The molecule has 40 heavy (non-hydrogen) atoms.